The van der Waals surface area contributed by atoms with Gasteiger partial charge in [-0.3, -0.25) is 0 Å². The van der Waals surface area contributed by atoms with Crippen LogP contribution < -0.4 is 9.47 Å². The Morgan fingerprint density at radius 1 is 0.731 bits per heavy atom. The van der Waals surface area contributed by atoms with Crippen LogP contribution in [-0.4, -0.2) is 19.2 Å². The quantitative estimate of drug-likeness (QED) is 0.470. The second-order valence-corrected chi connectivity index (χ2v) is 6.46. The highest BCUT2D eigenvalue weighted by atomic mass is 35.5. The molecule has 0 saturated heterocycles. The first-order valence-electron chi connectivity index (χ1n) is 8.29. The molecule has 3 nitrogen and oxygen atoms in total. The van der Waals surface area contributed by atoms with E-state index in [1.54, 1.807) is 14.2 Å². The molecule has 0 fully saturated rings. The zero-order valence-electron chi connectivity index (χ0n) is 14.5. The number of halogens is 1. The van der Waals surface area contributed by atoms with Crippen LogP contribution in [0.5, 0.6) is 11.5 Å². The smallest absolute Gasteiger partial charge is 0.118 e. The minimum Gasteiger partial charge on any atom is -0.497 e. The van der Waals surface area contributed by atoms with Gasteiger partial charge in [-0.2, -0.15) is 0 Å². The summed E-state index contributed by atoms with van der Waals surface area (Å²) in [5, 5.41) is 1.84. The number of H-pyrrole nitrogens is 1. The maximum absolute atomic E-state index is 6.20. The van der Waals surface area contributed by atoms with E-state index >= 15 is 0 Å². The molecule has 4 heteroatoms. The van der Waals surface area contributed by atoms with Crippen LogP contribution in [0.4, 0.5) is 0 Å². The molecule has 0 aliphatic heterocycles. The molecule has 4 aromatic rings. The average Bonchev–Trinajstić information content (AvgIpc) is 3.06. The van der Waals surface area contributed by atoms with Crippen LogP contribution in [0.25, 0.3) is 33.3 Å². The van der Waals surface area contributed by atoms with E-state index in [0.29, 0.717) is 5.02 Å². The molecule has 3 aromatic carbocycles. The predicted molar refractivity (Wildman–Crippen MR) is 107 cm³/mol. The van der Waals surface area contributed by atoms with Gasteiger partial charge in [-0.25, -0.2) is 0 Å². The molecule has 26 heavy (non-hydrogen) atoms. The summed E-state index contributed by atoms with van der Waals surface area (Å²) in [6, 6.07) is 22.1. The SMILES string of the molecule is COc1ccc(-c2[nH]c3cc(Cl)ccc3c2-c2ccc(OC)cc2)cc1. The number of hydrogen-bond acceptors (Lipinski definition) is 2. The van der Waals surface area contributed by atoms with Gasteiger partial charge in [0.25, 0.3) is 0 Å². The van der Waals surface area contributed by atoms with Gasteiger partial charge in [0, 0.05) is 21.5 Å². The minimum absolute atomic E-state index is 0.710. The number of nitrogens with one attached hydrogen (secondary N) is 1. The summed E-state index contributed by atoms with van der Waals surface area (Å²) in [5.41, 5.74) is 5.41. The van der Waals surface area contributed by atoms with Gasteiger partial charge in [-0.15, -0.1) is 0 Å². The van der Waals surface area contributed by atoms with Crippen molar-refractivity contribution >= 4 is 22.5 Å². The fourth-order valence-corrected chi connectivity index (χ4v) is 3.37. The van der Waals surface area contributed by atoms with E-state index < -0.39 is 0 Å². The lowest BCUT2D eigenvalue weighted by atomic mass is 9.98. The van der Waals surface area contributed by atoms with Gasteiger partial charge in [0.05, 0.1) is 19.9 Å². The number of aromatic amines is 1. The van der Waals surface area contributed by atoms with Crippen LogP contribution in [0.3, 0.4) is 0 Å². The van der Waals surface area contributed by atoms with Gasteiger partial charge in [-0.05, 0) is 59.7 Å². The molecule has 0 amide bonds. The Kier molecular flexibility index (Phi) is 4.31. The summed E-state index contributed by atoms with van der Waals surface area (Å²) >= 11 is 6.20. The zero-order chi connectivity index (χ0) is 18.1. The summed E-state index contributed by atoms with van der Waals surface area (Å²) in [5.74, 6) is 1.67. The van der Waals surface area contributed by atoms with Gasteiger partial charge >= 0.3 is 0 Å². The Bertz CT molecular complexity index is 1050. The van der Waals surface area contributed by atoms with Crippen molar-refractivity contribution in [3.63, 3.8) is 0 Å². The molecule has 0 spiro atoms. The van der Waals surface area contributed by atoms with E-state index in [9.17, 15) is 0 Å². The Morgan fingerprint density at radius 2 is 1.31 bits per heavy atom. The lowest BCUT2D eigenvalue weighted by Crippen LogP contribution is -1.86. The van der Waals surface area contributed by atoms with Gasteiger partial charge in [-0.1, -0.05) is 29.8 Å². The molecule has 130 valence electrons. The van der Waals surface area contributed by atoms with Gasteiger partial charge in [0.2, 0.25) is 0 Å². The Balaban J connectivity index is 1.95. The highest BCUT2D eigenvalue weighted by molar-refractivity contribution is 6.31. The number of methoxy groups -OCH3 is 2. The molecule has 0 aliphatic rings. The average molecular weight is 364 g/mol. The lowest BCUT2D eigenvalue weighted by molar-refractivity contribution is 0.414. The summed E-state index contributed by atoms with van der Waals surface area (Å²) in [7, 11) is 3.34. The van der Waals surface area contributed by atoms with Crippen molar-refractivity contribution in [3.8, 4) is 33.9 Å². The van der Waals surface area contributed by atoms with Crippen LogP contribution in [0, 0.1) is 0 Å². The topological polar surface area (TPSA) is 34.2 Å². The number of hydrogen-bond donors (Lipinski definition) is 1. The van der Waals surface area contributed by atoms with Gasteiger partial charge in [0.15, 0.2) is 0 Å². The highest BCUT2D eigenvalue weighted by Crippen LogP contribution is 2.39. The van der Waals surface area contributed by atoms with E-state index in [1.807, 2.05) is 36.4 Å². The highest BCUT2D eigenvalue weighted by Gasteiger charge is 2.15. The van der Waals surface area contributed by atoms with Crippen LogP contribution >= 0.6 is 11.6 Å². The molecule has 1 aromatic heterocycles. The largest absolute Gasteiger partial charge is 0.497 e. The van der Waals surface area contributed by atoms with E-state index in [-0.39, 0.29) is 0 Å². The van der Waals surface area contributed by atoms with Gasteiger partial charge < -0.3 is 14.5 Å². The minimum atomic E-state index is 0.710. The van der Waals surface area contributed by atoms with Crippen LogP contribution in [-0.2, 0) is 0 Å². The summed E-state index contributed by atoms with van der Waals surface area (Å²) < 4.78 is 10.6. The van der Waals surface area contributed by atoms with Crippen molar-refractivity contribution in [1.82, 2.24) is 4.98 Å². The number of fused-ring (bicyclic) bond motifs is 1. The Hall–Kier alpha value is -2.91. The molecule has 0 bridgehead atoms. The molecule has 0 saturated carbocycles. The predicted octanol–water partition coefficient (Wildman–Crippen LogP) is 6.17. The molecule has 0 aliphatic carbocycles. The monoisotopic (exact) mass is 363 g/mol. The van der Waals surface area contributed by atoms with Crippen molar-refractivity contribution in [3.05, 3.63) is 71.8 Å². The third-order valence-corrected chi connectivity index (χ3v) is 4.75. The number of benzene rings is 3. The molecule has 0 unspecified atom stereocenters. The standard InChI is InChI=1S/C22H18ClNO2/c1-25-17-8-3-14(4-9-17)21-19-12-7-16(23)13-20(19)24-22(21)15-5-10-18(26-2)11-6-15/h3-13,24H,1-2H3. The number of ether oxygens (including phenoxy) is 2. The van der Waals surface area contributed by atoms with Crippen molar-refractivity contribution in [2.75, 3.05) is 14.2 Å². The molecule has 4 rings (SSSR count). The lowest BCUT2D eigenvalue weighted by Gasteiger charge is -2.08. The van der Waals surface area contributed by atoms with Crippen molar-refractivity contribution in [1.29, 1.82) is 0 Å². The maximum Gasteiger partial charge on any atom is 0.118 e. The zero-order valence-corrected chi connectivity index (χ0v) is 15.3. The van der Waals surface area contributed by atoms with Crippen molar-refractivity contribution in [2.24, 2.45) is 0 Å². The molecular weight excluding hydrogens is 346 g/mol. The van der Waals surface area contributed by atoms with Crippen LogP contribution in [0.15, 0.2) is 66.7 Å². The first-order valence-corrected chi connectivity index (χ1v) is 8.67. The van der Waals surface area contributed by atoms with Gasteiger partial charge in [0.1, 0.15) is 11.5 Å². The van der Waals surface area contributed by atoms with E-state index in [2.05, 4.69) is 35.3 Å². The van der Waals surface area contributed by atoms with Crippen molar-refractivity contribution in [2.45, 2.75) is 0 Å². The fourth-order valence-electron chi connectivity index (χ4n) is 3.20. The second kappa shape index (κ2) is 6.77. The molecule has 0 radical (unpaired) electrons. The van der Waals surface area contributed by atoms with E-state index in [1.165, 1.54) is 0 Å². The molecule has 1 N–H and O–H groups in total. The first-order chi connectivity index (χ1) is 12.7. The Morgan fingerprint density at radius 3 is 1.88 bits per heavy atom. The van der Waals surface area contributed by atoms with Crippen molar-refractivity contribution < 1.29 is 9.47 Å². The molecule has 1 heterocycles. The summed E-state index contributed by atoms with van der Waals surface area (Å²) in [6.07, 6.45) is 0. The normalized spacial score (nSPS) is 10.9. The number of rotatable bonds is 4. The second-order valence-electron chi connectivity index (χ2n) is 6.02. The molecule has 0 atom stereocenters. The summed E-state index contributed by atoms with van der Waals surface area (Å²) in [6.45, 7) is 0. The Labute approximate surface area is 157 Å². The third kappa shape index (κ3) is 2.91. The third-order valence-electron chi connectivity index (χ3n) is 4.52. The van der Waals surface area contributed by atoms with Crippen LogP contribution in [0.2, 0.25) is 5.02 Å². The number of aromatic nitrogens is 1. The summed E-state index contributed by atoms with van der Waals surface area (Å²) in [4.78, 5) is 3.53. The fraction of sp³-hybridized carbons (Fsp3) is 0.0909. The maximum atomic E-state index is 6.20. The van der Waals surface area contributed by atoms with E-state index in [4.69, 9.17) is 21.1 Å². The van der Waals surface area contributed by atoms with Crippen LogP contribution in [0.1, 0.15) is 0 Å². The van der Waals surface area contributed by atoms with E-state index in [0.717, 1.165) is 44.8 Å². The molecular formula is C22H18ClNO2. The first kappa shape index (κ1) is 16.6.